The fraction of sp³-hybridized carbons (Fsp3) is 0. The Bertz CT molecular complexity index is 417. The van der Waals surface area contributed by atoms with Gasteiger partial charge in [-0.05, 0) is 39.5 Å². The van der Waals surface area contributed by atoms with Gasteiger partial charge in [-0.3, -0.25) is 4.79 Å². The molecule has 4 heteroatoms. The second-order valence-electron chi connectivity index (χ2n) is 2.40. The zero-order chi connectivity index (χ0) is 9.26. The SMILES string of the molecule is O=C(c1ccco1)c1sccc1Br. The molecule has 0 radical (unpaired) electrons. The van der Waals surface area contributed by atoms with Gasteiger partial charge >= 0.3 is 0 Å². The molecule has 13 heavy (non-hydrogen) atoms. The first kappa shape index (κ1) is 8.72. The standard InChI is InChI=1S/C9H5BrO2S/c10-6-3-5-13-9(6)8(11)7-2-1-4-12-7/h1-5H. The maximum Gasteiger partial charge on any atom is 0.239 e. The lowest BCUT2D eigenvalue weighted by atomic mass is 10.2. The Hall–Kier alpha value is -0.870. The smallest absolute Gasteiger partial charge is 0.239 e. The van der Waals surface area contributed by atoms with Crippen LogP contribution in [0.15, 0.2) is 38.7 Å². The van der Waals surface area contributed by atoms with Crippen molar-refractivity contribution in [3.8, 4) is 0 Å². The van der Waals surface area contributed by atoms with Gasteiger partial charge in [0.15, 0.2) is 5.76 Å². The molecule has 0 fully saturated rings. The fourth-order valence-corrected chi connectivity index (χ4v) is 2.47. The Labute approximate surface area is 87.3 Å². The van der Waals surface area contributed by atoms with E-state index in [2.05, 4.69) is 15.9 Å². The van der Waals surface area contributed by atoms with E-state index >= 15 is 0 Å². The van der Waals surface area contributed by atoms with Crippen molar-refractivity contribution in [1.29, 1.82) is 0 Å². The predicted octanol–water partition coefficient (Wildman–Crippen LogP) is 3.33. The van der Waals surface area contributed by atoms with Crippen LogP contribution in [0.3, 0.4) is 0 Å². The Morgan fingerprint density at radius 1 is 1.46 bits per heavy atom. The molecule has 0 spiro atoms. The third kappa shape index (κ3) is 1.59. The summed E-state index contributed by atoms with van der Waals surface area (Å²) in [7, 11) is 0. The van der Waals surface area contributed by atoms with Crippen molar-refractivity contribution in [3.63, 3.8) is 0 Å². The highest BCUT2D eigenvalue weighted by molar-refractivity contribution is 9.10. The molecule has 0 saturated heterocycles. The summed E-state index contributed by atoms with van der Waals surface area (Å²) in [6, 6.07) is 5.21. The van der Waals surface area contributed by atoms with Gasteiger partial charge in [0.1, 0.15) is 0 Å². The molecule has 2 aromatic rings. The highest BCUT2D eigenvalue weighted by Crippen LogP contribution is 2.25. The Balaban J connectivity index is 2.39. The zero-order valence-electron chi connectivity index (χ0n) is 6.49. The van der Waals surface area contributed by atoms with Crippen LogP contribution in [0.2, 0.25) is 0 Å². The number of carbonyl (C=O) groups is 1. The summed E-state index contributed by atoms with van der Waals surface area (Å²) in [5.41, 5.74) is 0. The number of carbonyl (C=O) groups excluding carboxylic acids is 1. The molecule has 0 N–H and O–H groups in total. The maximum atomic E-state index is 11.7. The third-order valence-electron chi connectivity index (χ3n) is 1.57. The van der Waals surface area contributed by atoms with E-state index in [9.17, 15) is 4.79 Å². The molecule has 0 bridgehead atoms. The van der Waals surface area contributed by atoms with Crippen molar-refractivity contribution in [2.45, 2.75) is 0 Å². The number of halogens is 1. The largest absolute Gasteiger partial charge is 0.461 e. The molecular formula is C9H5BrO2S. The van der Waals surface area contributed by atoms with Crippen molar-refractivity contribution < 1.29 is 9.21 Å². The number of ketones is 1. The fourth-order valence-electron chi connectivity index (χ4n) is 0.975. The van der Waals surface area contributed by atoms with Gasteiger partial charge in [-0.15, -0.1) is 11.3 Å². The van der Waals surface area contributed by atoms with Crippen LogP contribution >= 0.6 is 27.3 Å². The first-order chi connectivity index (χ1) is 6.29. The molecule has 0 unspecified atom stereocenters. The summed E-state index contributed by atoms with van der Waals surface area (Å²) >= 11 is 4.70. The van der Waals surface area contributed by atoms with Crippen LogP contribution in [0, 0.1) is 0 Å². The van der Waals surface area contributed by atoms with Crippen LogP contribution in [-0.2, 0) is 0 Å². The van der Waals surface area contributed by atoms with Gasteiger partial charge in [-0.2, -0.15) is 0 Å². The average molecular weight is 257 g/mol. The second-order valence-corrected chi connectivity index (χ2v) is 4.17. The van der Waals surface area contributed by atoms with Crippen LogP contribution in [0.5, 0.6) is 0 Å². The topological polar surface area (TPSA) is 30.2 Å². The molecule has 0 amide bonds. The molecule has 0 aliphatic carbocycles. The predicted molar refractivity (Wildman–Crippen MR) is 54.2 cm³/mol. The van der Waals surface area contributed by atoms with E-state index in [1.165, 1.54) is 17.6 Å². The molecule has 0 aliphatic heterocycles. The van der Waals surface area contributed by atoms with Crippen molar-refractivity contribution in [3.05, 3.63) is 45.0 Å². The Morgan fingerprint density at radius 3 is 2.85 bits per heavy atom. The minimum atomic E-state index is -0.0770. The highest BCUT2D eigenvalue weighted by atomic mass is 79.9. The molecular weight excluding hydrogens is 252 g/mol. The van der Waals surface area contributed by atoms with Gasteiger partial charge in [0.25, 0.3) is 0 Å². The highest BCUT2D eigenvalue weighted by Gasteiger charge is 2.15. The Kier molecular flexibility index (Phi) is 2.33. The van der Waals surface area contributed by atoms with Gasteiger partial charge in [-0.25, -0.2) is 0 Å². The molecule has 2 heterocycles. The van der Waals surface area contributed by atoms with Crippen LogP contribution < -0.4 is 0 Å². The first-order valence-corrected chi connectivity index (χ1v) is 5.27. The molecule has 2 rings (SSSR count). The number of rotatable bonds is 2. The third-order valence-corrected chi connectivity index (χ3v) is 3.40. The second kappa shape index (κ2) is 3.47. The van der Waals surface area contributed by atoms with Gasteiger partial charge < -0.3 is 4.42 Å². The maximum absolute atomic E-state index is 11.7. The molecule has 0 aromatic carbocycles. The van der Waals surface area contributed by atoms with Crippen molar-refractivity contribution in [2.24, 2.45) is 0 Å². The van der Waals surface area contributed by atoms with Gasteiger partial charge in [0.05, 0.1) is 11.1 Å². The van der Waals surface area contributed by atoms with Crippen molar-refractivity contribution in [2.75, 3.05) is 0 Å². The molecule has 2 nitrogen and oxygen atoms in total. The first-order valence-electron chi connectivity index (χ1n) is 3.60. The summed E-state index contributed by atoms with van der Waals surface area (Å²) in [4.78, 5) is 12.4. The molecule has 0 aliphatic rings. The van der Waals surface area contributed by atoms with E-state index in [1.807, 2.05) is 11.4 Å². The number of furan rings is 1. The molecule has 66 valence electrons. The molecule has 0 saturated carbocycles. The van der Waals surface area contributed by atoms with E-state index in [4.69, 9.17) is 4.42 Å². The average Bonchev–Trinajstić information content (AvgIpc) is 2.72. The minimum absolute atomic E-state index is 0.0770. The minimum Gasteiger partial charge on any atom is -0.461 e. The zero-order valence-corrected chi connectivity index (χ0v) is 8.89. The number of thiophene rings is 1. The summed E-state index contributed by atoms with van der Waals surface area (Å²) in [5.74, 6) is 0.301. The van der Waals surface area contributed by atoms with Gasteiger partial charge in [-0.1, -0.05) is 0 Å². The van der Waals surface area contributed by atoms with E-state index in [-0.39, 0.29) is 5.78 Å². The lowest BCUT2D eigenvalue weighted by Gasteiger charge is -1.92. The summed E-state index contributed by atoms with van der Waals surface area (Å²) in [5, 5.41) is 1.86. The van der Waals surface area contributed by atoms with E-state index in [0.717, 1.165) is 4.47 Å². The molecule has 2 aromatic heterocycles. The van der Waals surface area contributed by atoms with Crippen molar-refractivity contribution >= 4 is 33.0 Å². The summed E-state index contributed by atoms with van der Waals surface area (Å²) < 4.78 is 5.83. The van der Waals surface area contributed by atoms with Crippen LogP contribution in [0.1, 0.15) is 15.4 Å². The number of hydrogen-bond acceptors (Lipinski definition) is 3. The van der Waals surface area contributed by atoms with Crippen molar-refractivity contribution in [1.82, 2.24) is 0 Å². The van der Waals surface area contributed by atoms with Gasteiger partial charge in [0.2, 0.25) is 5.78 Å². The van der Waals surface area contributed by atoms with E-state index in [0.29, 0.717) is 10.6 Å². The monoisotopic (exact) mass is 256 g/mol. The normalized spacial score (nSPS) is 10.2. The number of hydrogen-bond donors (Lipinski definition) is 0. The summed E-state index contributed by atoms with van der Waals surface area (Å²) in [6.07, 6.45) is 1.49. The van der Waals surface area contributed by atoms with Crippen LogP contribution in [-0.4, -0.2) is 5.78 Å². The van der Waals surface area contributed by atoms with Gasteiger partial charge in [0, 0.05) is 4.47 Å². The Morgan fingerprint density at radius 2 is 2.31 bits per heavy atom. The lowest BCUT2D eigenvalue weighted by molar-refractivity contribution is 0.101. The quantitative estimate of drug-likeness (QED) is 0.772. The van der Waals surface area contributed by atoms with E-state index < -0.39 is 0 Å². The lowest BCUT2D eigenvalue weighted by Crippen LogP contribution is -1.96. The summed E-state index contributed by atoms with van der Waals surface area (Å²) in [6.45, 7) is 0. The van der Waals surface area contributed by atoms with Crippen LogP contribution in [0.25, 0.3) is 0 Å². The molecule has 0 atom stereocenters. The van der Waals surface area contributed by atoms with E-state index in [1.54, 1.807) is 12.1 Å². The van der Waals surface area contributed by atoms with Crippen LogP contribution in [0.4, 0.5) is 0 Å².